The Kier molecular flexibility index (Phi) is 12.1. The molecule has 264 valence electrons. The number of hydrogen-bond acceptors (Lipinski definition) is 8. The average molecular weight is 698 g/mol. The third-order valence-electron chi connectivity index (χ3n) is 6.46. The number of hydrogen-bond donors (Lipinski definition) is 0. The van der Waals surface area contributed by atoms with Crippen LogP contribution >= 0.6 is 7.82 Å². The van der Waals surface area contributed by atoms with Crippen LogP contribution in [0.5, 0.6) is 11.5 Å². The molecule has 1 aliphatic heterocycles. The summed E-state index contributed by atoms with van der Waals surface area (Å²) in [5.74, 6) is -0.342. The Morgan fingerprint density at radius 3 is 1.98 bits per heavy atom. The fraction of sp³-hybridized carbons (Fsp3) is 0.594. The molecule has 3 rings (SSSR count). The van der Waals surface area contributed by atoms with Gasteiger partial charge in [-0.05, 0) is 103 Å². The molecule has 0 radical (unpaired) electrons. The molecule has 0 aromatic heterocycles. The van der Waals surface area contributed by atoms with Crippen molar-refractivity contribution in [3.05, 3.63) is 59.2 Å². The summed E-state index contributed by atoms with van der Waals surface area (Å²) in [6.45, 7) is 11.7. The van der Waals surface area contributed by atoms with E-state index in [1.165, 1.54) is 36.4 Å². The van der Waals surface area contributed by atoms with E-state index < -0.39 is 42.7 Å². The molecule has 15 heteroatoms. The van der Waals surface area contributed by atoms with Gasteiger partial charge in [0.05, 0.1) is 30.0 Å². The smallest absolute Gasteiger partial charge is 0.493 e. The van der Waals surface area contributed by atoms with E-state index in [0.717, 1.165) is 6.07 Å². The molecule has 0 bridgehead atoms. The lowest BCUT2D eigenvalue weighted by Crippen LogP contribution is -2.36. The van der Waals surface area contributed by atoms with Crippen LogP contribution in [-0.2, 0) is 41.9 Å². The van der Waals surface area contributed by atoms with Crippen molar-refractivity contribution in [3.8, 4) is 11.5 Å². The average Bonchev–Trinajstić information content (AvgIpc) is 3.27. The van der Waals surface area contributed by atoms with E-state index in [9.17, 15) is 30.9 Å². The predicted molar refractivity (Wildman–Crippen MR) is 164 cm³/mol. The van der Waals surface area contributed by atoms with Gasteiger partial charge in [0.15, 0.2) is 5.90 Å². The fourth-order valence-corrected chi connectivity index (χ4v) is 6.51. The Balaban J connectivity index is 1.67. The van der Waals surface area contributed by atoms with E-state index in [1.54, 1.807) is 48.5 Å². The first kappa shape index (κ1) is 38.6. The largest absolute Gasteiger partial charge is 0.573 e. The van der Waals surface area contributed by atoms with E-state index in [2.05, 4.69) is 9.73 Å². The van der Waals surface area contributed by atoms with Crippen LogP contribution in [0.4, 0.5) is 26.3 Å². The second-order valence-corrected chi connectivity index (χ2v) is 14.8. The molecule has 1 aliphatic rings. The van der Waals surface area contributed by atoms with E-state index in [4.69, 9.17) is 23.0 Å². The van der Waals surface area contributed by atoms with Crippen LogP contribution in [0.1, 0.15) is 78.0 Å². The predicted octanol–water partition coefficient (Wildman–Crippen LogP) is 9.49. The molecule has 0 saturated carbocycles. The number of halogens is 6. The molecule has 1 atom stereocenters. The molecule has 0 saturated heterocycles. The lowest BCUT2D eigenvalue weighted by Gasteiger charge is -2.33. The van der Waals surface area contributed by atoms with Gasteiger partial charge in [-0.1, -0.05) is 18.2 Å². The first-order chi connectivity index (χ1) is 21.5. The topological polar surface area (TPSA) is 84.8 Å². The van der Waals surface area contributed by atoms with Crippen molar-refractivity contribution in [1.82, 2.24) is 0 Å². The van der Waals surface area contributed by atoms with Gasteiger partial charge < -0.3 is 14.2 Å². The van der Waals surface area contributed by atoms with Crippen LogP contribution < -0.4 is 9.47 Å². The van der Waals surface area contributed by atoms with Crippen molar-refractivity contribution in [2.75, 3.05) is 19.8 Å². The summed E-state index contributed by atoms with van der Waals surface area (Å²) in [4.78, 5) is 4.55. The van der Waals surface area contributed by atoms with Gasteiger partial charge in [-0.25, -0.2) is 9.56 Å². The maximum Gasteiger partial charge on any atom is 0.573 e. The zero-order valence-corrected chi connectivity index (χ0v) is 28.4. The van der Waals surface area contributed by atoms with Crippen molar-refractivity contribution in [2.45, 2.75) is 103 Å². The number of rotatable bonds is 14. The van der Waals surface area contributed by atoms with E-state index in [1.807, 2.05) is 0 Å². The summed E-state index contributed by atoms with van der Waals surface area (Å²) in [5.41, 5.74) is -2.68. The number of ether oxygens (including phenoxy) is 3. The number of benzene rings is 2. The molecular formula is C32H42F6NO7P. The minimum atomic E-state index is -4.80. The van der Waals surface area contributed by atoms with E-state index in [-0.39, 0.29) is 44.2 Å². The van der Waals surface area contributed by atoms with Crippen molar-refractivity contribution < 1.29 is 58.7 Å². The summed E-state index contributed by atoms with van der Waals surface area (Å²) < 4.78 is 125. The fourth-order valence-electron chi connectivity index (χ4n) is 4.63. The molecule has 2 aromatic carbocycles. The van der Waals surface area contributed by atoms with Gasteiger partial charge in [-0.15, -0.1) is 13.2 Å². The van der Waals surface area contributed by atoms with Crippen LogP contribution in [0.15, 0.2) is 47.5 Å². The number of nitrogens with zero attached hydrogens (tertiary/aromatic N) is 1. The van der Waals surface area contributed by atoms with Gasteiger partial charge in [0.2, 0.25) is 0 Å². The van der Waals surface area contributed by atoms with Crippen LogP contribution in [-0.4, -0.2) is 48.8 Å². The highest BCUT2D eigenvalue weighted by atomic mass is 31.2. The van der Waals surface area contributed by atoms with Gasteiger partial charge >= 0.3 is 20.4 Å². The molecule has 8 nitrogen and oxygen atoms in total. The summed E-state index contributed by atoms with van der Waals surface area (Å²) in [7, 11) is -4.09. The number of aliphatic imine (C=N–C) groups is 1. The molecule has 0 N–H and O–H groups in total. The van der Waals surface area contributed by atoms with Crippen molar-refractivity contribution >= 4 is 13.7 Å². The maximum absolute atomic E-state index is 14.1. The minimum absolute atomic E-state index is 0.0532. The zero-order chi connectivity index (χ0) is 35.3. The highest BCUT2D eigenvalue weighted by Gasteiger charge is 2.43. The number of alkyl halides is 6. The van der Waals surface area contributed by atoms with Crippen molar-refractivity contribution in [2.24, 2.45) is 4.99 Å². The molecular weight excluding hydrogens is 655 g/mol. The Hall–Kier alpha value is -2.80. The zero-order valence-electron chi connectivity index (χ0n) is 27.5. The molecule has 47 heavy (non-hydrogen) atoms. The van der Waals surface area contributed by atoms with Gasteiger partial charge in [0.1, 0.15) is 23.6 Å². The summed E-state index contributed by atoms with van der Waals surface area (Å²) in [6, 6.07) is 9.04. The Labute approximate surface area is 271 Å². The number of aryl methyl sites for hydroxylation is 2. The second-order valence-electron chi connectivity index (χ2n) is 13.2. The minimum Gasteiger partial charge on any atom is -0.493 e. The van der Waals surface area contributed by atoms with Gasteiger partial charge in [-0.3, -0.25) is 13.6 Å². The summed E-state index contributed by atoms with van der Waals surface area (Å²) in [5, 5.41) is 0. The van der Waals surface area contributed by atoms with Crippen LogP contribution in [0.25, 0.3) is 0 Å². The Bertz CT molecular complexity index is 1400. The lowest BCUT2D eigenvalue weighted by atomic mass is 9.93. The molecule has 2 aromatic rings. The van der Waals surface area contributed by atoms with Crippen molar-refractivity contribution in [1.29, 1.82) is 0 Å². The van der Waals surface area contributed by atoms with Gasteiger partial charge in [0, 0.05) is 6.92 Å². The highest BCUT2D eigenvalue weighted by molar-refractivity contribution is 7.48. The third-order valence-corrected chi connectivity index (χ3v) is 8.45. The van der Waals surface area contributed by atoms with Gasteiger partial charge in [0.25, 0.3) is 0 Å². The summed E-state index contributed by atoms with van der Waals surface area (Å²) in [6.07, 6.45) is -8.45. The second kappa shape index (κ2) is 14.8. The molecule has 0 amide bonds. The monoisotopic (exact) mass is 697 g/mol. The normalized spacial score (nSPS) is 17.8. The van der Waals surface area contributed by atoms with Crippen molar-refractivity contribution in [3.63, 3.8) is 0 Å². The van der Waals surface area contributed by atoms with Crippen LogP contribution in [0.3, 0.4) is 0 Å². The molecule has 0 spiro atoms. The number of phosphoric acid groups is 1. The number of phosphoric ester groups is 1. The van der Waals surface area contributed by atoms with Gasteiger partial charge in [-0.2, -0.15) is 13.2 Å². The third kappa shape index (κ3) is 13.3. The Morgan fingerprint density at radius 1 is 0.872 bits per heavy atom. The first-order valence-electron chi connectivity index (χ1n) is 15.0. The quantitative estimate of drug-likeness (QED) is 0.110. The first-order valence-corrected chi connectivity index (χ1v) is 16.4. The van der Waals surface area contributed by atoms with E-state index in [0.29, 0.717) is 29.9 Å². The summed E-state index contributed by atoms with van der Waals surface area (Å²) >= 11 is 0. The standard InChI is InChI=1S/C32H42F6NO7P/c1-22-39-30(20-42-22,21-43-47(40,45-28(2,3)4)46-29(5,6)7)17-16-24-12-15-27(26(19-24)31(33,34)35)41-18-8-9-23-10-13-25(14-11-23)44-32(36,37)38/h10-15,19H,8-9,16-18,20-21H2,1-7H3. The van der Waals surface area contributed by atoms with Crippen LogP contribution in [0, 0.1) is 0 Å². The molecule has 1 unspecified atom stereocenters. The Morgan fingerprint density at radius 2 is 1.47 bits per heavy atom. The lowest BCUT2D eigenvalue weighted by molar-refractivity contribution is -0.274. The molecule has 0 aliphatic carbocycles. The SMILES string of the molecule is CC1=NC(CCc2ccc(OCCCc3ccc(OC(F)(F)F)cc3)c(C(F)(F)F)c2)(COP(=O)(OC(C)(C)C)OC(C)(C)C)CO1. The van der Waals surface area contributed by atoms with Crippen LogP contribution in [0.2, 0.25) is 0 Å². The maximum atomic E-state index is 14.1. The highest BCUT2D eigenvalue weighted by Crippen LogP contribution is 2.56. The molecule has 0 fully saturated rings. The molecule has 1 heterocycles. The van der Waals surface area contributed by atoms with E-state index >= 15 is 0 Å².